The van der Waals surface area contributed by atoms with Crippen molar-refractivity contribution in [3.05, 3.63) is 63.0 Å². The zero-order chi connectivity index (χ0) is 15.6. The Kier molecular flexibility index (Phi) is 3.98. The number of benzene rings is 2. The maximum Gasteiger partial charge on any atom is 0.275 e. The molecule has 0 saturated carbocycles. The van der Waals surface area contributed by atoms with E-state index in [1.54, 1.807) is 25.1 Å². The molecule has 0 amide bonds. The lowest BCUT2D eigenvalue weighted by Crippen LogP contribution is -1.97. The zero-order valence-corrected chi connectivity index (χ0v) is 11.4. The predicted octanol–water partition coefficient (Wildman–Crippen LogP) is 3.96. The molecule has 0 spiro atoms. The van der Waals surface area contributed by atoms with E-state index in [0.717, 1.165) is 6.07 Å². The highest BCUT2D eigenvalue weighted by Crippen LogP contribution is 2.32. The Balaban J connectivity index is 2.38. The van der Waals surface area contributed by atoms with Gasteiger partial charge in [0.2, 0.25) is 0 Å². The summed E-state index contributed by atoms with van der Waals surface area (Å²) in [6.45, 7) is 3.23. The molecular weight excluding hydrogens is 277 g/mol. The lowest BCUT2D eigenvalue weighted by molar-refractivity contribution is -0.385. The van der Waals surface area contributed by atoms with E-state index in [2.05, 4.69) is 0 Å². The van der Waals surface area contributed by atoms with Gasteiger partial charge in [0.25, 0.3) is 5.69 Å². The SMILES string of the molecule is Cc1cc(C=O)ccc1Oc1cc(C)c([N+](=O)[O-])cc1F. The summed E-state index contributed by atoms with van der Waals surface area (Å²) in [7, 11) is 0. The van der Waals surface area contributed by atoms with Gasteiger partial charge in [-0.15, -0.1) is 0 Å². The fourth-order valence-electron chi connectivity index (χ4n) is 1.90. The predicted molar refractivity (Wildman–Crippen MR) is 74.4 cm³/mol. The number of nitrogens with zero attached hydrogens (tertiary/aromatic N) is 1. The van der Waals surface area contributed by atoms with E-state index in [1.165, 1.54) is 13.0 Å². The molecule has 0 N–H and O–H groups in total. The number of halogens is 1. The molecule has 2 rings (SSSR count). The first-order valence-electron chi connectivity index (χ1n) is 6.10. The minimum Gasteiger partial charge on any atom is -0.454 e. The number of carbonyl (C=O) groups excluding carboxylic acids is 1. The number of nitro groups is 1. The standard InChI is InChI=1S/C15H12FNO4/c1-9-6-15(12(16)7-13(9)17(19)20)21-14-4-3-11(8-18)5-10(14)2/h3-8H,1-2H3. The number of rotatable bonds is 4. The second-order valence-corrected chi connectivity index (χ2v) is 4.57. The third-order valence-electron chi connectivity index (χ3n) is 3.00. The Morgan fingerprint density at radius 2 is 1.86 bits per heavy atom. The van der Waals surface area contributed by atoms with E-state index in [1.807, 2.05) is 0 Å². The van der Waals surface area contributed by atoms with Crippen LogP contribution < -0.4 is 4.74 Å². The highest BCUT2D eigenvalue weighted by molar-refractivity contribution is 5.75. The van der Waals surface area contributed by atoms with Crippen LogP contribution in [0.1, 0.15) is 21.5 Å². The van der Waals surface area contributed by atoms with Crippen molar-refractivity contribution in [1.82, 2.24) is 0 Å². The number of hydrogen-bond donors (Lipinski definition) is 0. The van der Waals surface area contributed by atoms with E-state index >= 15 is 0 Å². The molecule has 108 valence electrons. The van der Waals surface area contributed by atoms with Gasteiger partial charge in [0, 0.05) is 11.1 Å². The van der Waals surface area contributed by atoms with E-state index in [4.69, 9.17) is 4.74 Å². The van der Waals surface area contributed by atoms with Crippen LogP contribution in [0.15, 0.2) is 30.3 Å². The summed E-state index contributed by atoms with van der Waals surface area (Å²) in [4.78, 5) is 20.8. The first-order valence-corrected chi connectivity index (χ1v) is 6.10. The summed E-state index contributed by atoms with van der Waals surface area (Å²) >= 11 is 0. The fraction of sp³-hybridized carbons (Fsp3) is 0.133. The highest BCUT2D eigenvalue weighted by Gasteiger charge is 2.17. The normalized spacial score (nSPS) is 10.2. The van der Waals surface area contributed by atoms with E-state index in [0.29, 0.717) is 28.7 Å². The fourth-order valence-corrected chi connectivity index (χ4v) is 1.90. The third kappa shape index (κ3) is 3.05. The molecule has 0 aliphatic carbocycles. The van der Waals surface area contributed by atoms with Crippen molar-refractivity contribution in [3.8, 4) is 11.5 Å². The first-order chi connectivity index (χ1) is 9.92. The van der Waals surface area contributed by atoms with Crippen molar-refractivity contribution >= 4 is 12.0 Å². The van der Waals surface area contributed by atoms with Crippen molar-refractivity contribution in [2.75, 3.05) is 0 Å². The van der Waals surface area contributed by atoms with E-state index in [9.17, 15) is 19.3 Å². The molecule has 0 unspecified atom stereocenters. The lowest BCUT2D eigenvalue weighted by atomic mass is 10.1. The largest absolute Gasteiger partial charge is 0.454 e. The van der Waals surface area contributed by atoms with E-state index < -0.39 is 10.7 Å². The molecular formula is C15H12FNO4. The zero-order valence-electron chi connectivity index (χ0n) is 11.4. The molecule has 2 aromatic carbocycles. The minimum absolute atomic E-state index is 0.0972. The highest BCUT2D eigenvalue weighted by atomic mass is 19.1. The van der Waals surface area contributed by atoms with Gasteiger partial charge >= 0.3 is 0 Å². The number of aryl methyl sites for hydroxylation is 2. The maximum absolute atomic E-state index is 13.9. The van der Waals surface area contributed by atoms with Crippen LogP contribution in [0.3, 0.4) is 0 Å². The molecule has 0 aliphatic heterocycles. The van der Waals surface area contributed by atoms with Crippen LogP contribution >= 0.6 is 0 Å². The molecule has 0 bridgehead atoms. The lowest BCUT2D eigenvalue weighted by Gasteiger charge is -2.10. The Morgan fingerprint density at radius 1 is 1.14 bits per heavy atom. The third-order valence-corrected chi connectivity index (χ3v) is 3.00. The van der Waals surface area contributed by atoms with Crippen molar-refractivity contribution in [2.24, 2.45) is 0 Å². The molecule has 0 aliphatic rings. The van der Waals surface area contributed by atoms with Gasteiger partial charge in [-0.1, -0.05) is 0 Å². The van der Waals surface area contributed by atoms with Crippen LogP contribution in [0.25, 0.3) is 0 Å². The molecule has 6 heteroatoms. The Bertz CT molecular complexity index is 728. The Hall–Kier alpha value is -2.76. The van der Waals surface area contributed by atoms with Gasteiger partial charge in [0.05, 0.1) is 11.0 Å². The van der Waals surface area contributed by atoms with Gasteiger partial charge in [-0.25, -0.2) is 4.39 Å². The number of ether oxygens (including phenoxy) is 1. The van der Waals surface area contributed by atoms with Crippen LogP contribution in [0, 0.1) is 29.8 Å². The summed E-state index contributed by atoms with van der Waals surface area (Å²) < 4.78 is 19.3. The van der Waals surface area contributed by atoms with Crippen molar-refractivity contribution in [2.45, 2.75) is 13.8 Å². The number of aldehydes is 1. The molecule has 0 atom stereocenters. The monoisotopic (exact) mass is 289 g/mol. The average molecular weight is 289 g/mol. The molecule has 21 heavy (non-hydrogen) atoms. The molecule has 0 heterocycles. The maximum atomic E-state index is 13.9. The second kappa shape index (κ2) is 5.70. The summed E-state index contributed by atoms with van der Waals surface area (Å²) in [5, 5.41) is 10.7. The van der Waals surface area contributed by atoms with Crippen LogP contribution in [0.5, 0.6) is 11.5 Å². The van der Waals surface area contributed by atoms with Crippen LogP contribution in [0.4, 0.5) is 10.1 Å². The molecule has 2 aromatic rings. The van der Waals surface area contributed by atoms with Crippen molar-refractivity contribution < 1.29 is 18.8 Å². The van der Waals surface area contributed by atoms with Crippen molar-refractivity contribution in [3.63, 3.8) is 0 Å². The Labute approximate surface area is 120 Å². The van der Waals surface area contributed by atoms with E-state index in [-0.39, 0.29) is 11.4 Å². The van der Waals surface area contributed by atoms with Gasteiger partial charge in [0.1, 0.15) is 12.0 Å². The van der Waals surface area contributed by atoms with Gasteiger partial charge in [0.15, 0.2) is 11.6 Å². The summed E-state index contributed by atoms with van der Waals surface area (Å²) in [6, 6.07) is 6.82. The van der Waals surface area contributed by atoms with Gasteiger partial charge < -0.3 is 4.74 Å². The summed E-state index contributed by atoms with van der Waals surface area (Å²) in [5.41, 5.74) is 1.15. The quantitative estimate of drug-likeness (QED) is 0.485. The number of carbonyl (C=O) groups is 1. The number of hydrogen-bond acceptors (Lipinski definition) is 4. The minimum atomic E-state index is -0.814. The topological polar surface area (TPSA) is 69.4 Å². The van der Waals surface area contributed by atoms with Crippen LogP contribution in [-0.2, 0) is 0 Å². The smallest absolute Gasteiger partial charge is 0.275 e. The second-order valence-electron chi connectivity index (χ2n) is 4.57. The molecule has 0 saturated heterocycles. The van der Waals surface area contributed by atoms with Gasteiger partial charge in [-0.2, -0.15) is 0 Å². The first kappa shape index (κ1) is 14.6. The average Bonchev–Trinajstić information content (AvgIpc) is 2.44. The van der Waals surface area contributed by atoms with Crippen LogP contribution in [0.2, 0.25) is 0 Å². The van der Waals surface area contributed by atoms with Crippen LogP contribution in [-0.4, -0.2) is 11.2 Å². The van der Waals surface area contributed by atoms with Gasteiger partial charge in [-0.3, -0.25) is 14.9 Å². The molecule has 0 radical (unpaired) electrons. The molecule has 5 nitrogen and oxygen atoms in total. The summed E-state index contributed by atoms with van der Waals surface area (Å²) in [5.74, 6) is -0.529. The van der Waals surface area contributed by atoms with Crippen molar-refractivity contribution in [1.29, 1.82) is 0 Å². The molecule has 0 fully saturated rings. The molecule has 0 aromatic heterocycles. The van der Waals surface area contributed by atoms with Gasteiger partial charge in [-0.05, 0) is 43.7 Å². The summed E-state index contributed by atoms with van der Waals surface area (Å²) in [6.07, 6.45) is 0.702. The Morgan fingerprint density at radius 3 is 2.43 bits per heavy atom. The number of nitro benzene ring substituents is 1.